The molecule has 0 saturated heterocycles. The van der Waals surface area contributed by atoms with E-state index in [9.17, 15) is 5.11 Å². The Morgan fingerprint density at radius 3 is 2.61 bits per heavy atom. The molecule has 2 aliphatic rings. The quantitative estimate of drug-likeness (QED) is 0.821. The Morgan fingerprint density at radius 1 is 1.22 bits per heavy atom. The smallest absolute Gasteiger partial charge is 0.120 e. The normalized spacial score (nSPS) is 27.0. The maximum absolute atomic E-state index is 11.0. The van der Waals surface area contributed by atoms with Gasteiger partial charge in [0.1, 0.15) is 11.2 Å². The largest absolute Gasteiger partial charge is 0.387 e. The Balaban J connectivity index is 1.48. The summed E-state index contributed by atoms with van der Waals surface area (Å²) in [6.45, 7) is 4.70. The minimum absolute atomic E-state index is 0.325. The highest BCUT2D eigenvalue weighted by Crippen LogP contribution is 2.48. The second-order valence-electron chi connectivity index (χ2n) is 8.00. The van der Waals surface area contributed by atoms with Gasteiger partial charge in [-0.3, -0.25) is 4.40 Å². The van der Waals surface area contributed by atoms with Gasteiger partial charge in [0.2, 0.25) is 0 Å². The van der Waals surface area contributed by atoms with Crippen molar-refractivity contribution in [2.45, 2.75) is 70.8 Å². The Kier molecular flexibility index (Phi) is 4.22. The van der Waals surface area contributed by atoms with Crippen molar-refractivity contribution in [3.05, 3.63) is 23.1 Å². The van der Waals surface area contributed by atoms with E-state index < -0.39 is 0 Å². The number of aromatic nitrogens is 2. The number of hydrogen-bond acceptors (Lipinski definition) is 3. The standard InChI is InChI=1S/C19H28N2OS/c1-12(2)14-5-3-13(4-6-14)9-16(22)18-19(15-7-8-15)23-17-10-20-11-21(17)18/h10-16,22H,3-9H2,1-2H3. The summed E-state index contributed by atoms with van der Waals surface area (Å²) in [5, 5.41) is 11.0. The monoisotopic (exact) mass is 332 g/mol. The highest BCUT2D eigenvalue weighted by molar-refractivity contribution is 7.17. The summed E-state index contributed by atoms with van der Waals surface area (Å²) in [7, 11) is 0. The number of aliphatic hydroxyl groups is 1. The van der Waals surface area contributed by atoms with Crippen LogP contribution in [-0.4, -0.2) is 14.5 Å². The molecule has 2 aromatic rings. The summed E-state index contributed by atoms with van der Waals surface area (Å²) in [6.07, 6.45) is 12.2. The van der Waals surface area contributed by atoms with Crippen molar-refractivity contribution < 1.29 is 5.11 Å². The number of hydrogen-bond donors (Lipinski definition) is 1. The van der Waals surface area contributed by atoms with E-state index in [1.165, 1.54) is 48.2 Å². The van der Waals surface area contributed by atoms with Crippen LogP contribution in [0.3, 0.4) is 0 Å². The number of imidazole rings is 1. The zero-order valence-corrected chi connectivity index (χ0v) is 15.1. The fourth-order valence-electron chi connectivity index (χ4n) is 4.30. The van der Waals surface area contributed by atoms with Gasteiger partial charge in [0, 0.05) is 4.88 Å². The minimum Gasteiger partial charge on any atom is -0.387 e. The lowest BCUT2D eigenvalue weighted by Gasteiger charge is -2.32. The fourth-order valence-corrected chi connectivity index (χ4v) is 5.63. The number of fused-ring (bicyclic) bond motifs is 1. The number of nitrogens with zero attached hydrogens (tertiary/aromatic N) is 2. The molecule has 126 valence electrons. The molecule has 2 aliphatic carbocycles. The predicted molar refractivity (Wildman–Crippen MR) is 94.9 cm³/mol. The molecule has 0 amide bonds. The van der Waals surface area contributed by atoms with Gasteiger partial charge in [0.15, 0.2) is 0 Å². The van der Waals surface area contributed by atoms with Crippen LogP contribution in [0.25, 0.3) is 4.83 Å². The molecule has 1 atom stereocenters. The van der Waals surface area contributed by atoms with Gasteiger partial charge in [-0.25, -0.2) is 4.98 Å². The third-order valence-corrected chi connectivity index (χ3v) is 7.26. The Morgan fingerprint density at radius 2 is 1.96 bits per heavy atom. The SMILES string of the molecule is CC(C)C1CCC(CC(O)c2c(C3CC3)sc3cncn23)CC1. The first-order chi connectivity index (χ1) is 11.1. The van der Waals surface area contributed by atoms with E-state index in [0.717, 1.165) is 24.0 Å². The van der Waals surface area contributed by atoms with Crippen LogP contribution in [0.4, 0.5) is 0 Å². The summed E-state index contributed by atoms with van der Waals surface area (Å²) < 4.78 is 2.14. The molecule has 23 heavy (non-hydrogen) atoms. The summed E-state index contributed by atoms with van der Waals surface area (Å²) in [6, 6.07) is 0. The molecule has 4 heteroatoms. The molecule has 0 aromatic carbocycles. The van der Waals surface area contributed by atoms with Crippen LogP contribution in [0.15, 0.2) is 12.5 Å². The van der Waals surface area contributed by atoms with Gasteiger partial charge in [-0.2, -0.15) is 0 Å². The van der Waals surface area contributed by atoms with Crippen LogP contribution >= 0.6 is 11.3 Å². The van der Waals surface area contributed by atoms with Crippen molar-refractivity contribution in [2.24, 2.45) is 17.8 Å². The van der Waals surface area contributed by atoms with Crippen molar-refractivity contribution in [3.8, 4) is 0 Å². The van der Waals surface area contributed by atoms with E-state index >= 15 is 0 Å². The first-order valence-corrected chi connectivity index (χ1v) is 10.1. The van der Waals surface area contributed by atoms with Crippen LogP contribution in [-0.2, 0) is 0 Å². The van der Waals surface area contributed by atoms with Gasteiger partial charge >= 0.3 is 0 Å². The van der Waals surface area contributed by atoms with E-state index in [-0.39, 0.29) is 6.10 Å². The molecule has 3 nitrogen and oxygen atoms in total. The van der Waals surface area contributed by atoms with Gasteiger partial charge in [0.05, 0.1) is 18.0 Å². The third-order valence-electron chi connectivity index (χ3n) is 5.99. The highest BCUT2D eigenvalue weighted by Gasteiger charge is 2.33. The lowest BCUT2D eigenvalue weighted by molar-refractivity contribution is 0.112. The van der Waals surface area contributed by atoms with Gasteiger partial charge in [-0.05, 0) is 55.8 Å². The van der Waals surface area contributed by atoms with E-state index in [1.807, 2.05) is 23.9 Å². The third kappa shape index (κ3) is 3.08. The maximum Gasteiger partial charge on any atom is 0.120 e. The first kappa shape index (κ1) is 15.6. The van der Waals surface area contributed by atoms with Gasteiger partial charge < -0.3 is 5.11 Å². The van der Waals surface area contributed by atoms with E-state index in [1.54, 1.807) is 0 Å². The molecule has 0 aliphatic heterocycles. The maximum atomic E-state index is 11.0. The fraction of sp³-hybridized carbons (Fsp3) is 0.737. The molecule has 1 N–H and O–H groups in total. The van der Waals surface area contributed by atoms with Crippen molar-refractivity contribution in [3.63, 3.8) is 0 Å². The molecule has 0 bridgehead atoms. The van der Waals surface area contributed by atoms with E-state index in [0.29, 0.717) is 11.8 Å². The number of aliphatic hydroxyl groups excluding tert-OH is 1. The van der Waals surface area contributed by atoms with Crippen molar-refractivity contribution in [1.82, 2.24) is 9.38 Å². The molecule has 1 unspecified atom stereocenters. The lowest BCUT2D eigenvalue weighted by atomic mass is 9.75. The molecule has 2 aromatic heterocycles. The molecule has 0 spiro atoms. The second kappa shape index (κ2) is 6.21. The van der Waals surface area contributed by atoms with Gasteiger partial charge in [-0.15, -0.1) is 11.3 Å². The Labute approximate surface area is 142 Å². The Bertz CT molecular complexity index is 662. The van der Waals surface area contributed by atoms with Gasteiger partial charge in [-0.1, -0.05) is 26.7 Å². The van der Waals surface area contributed by atoms with Gasteiger partial charge in [0.25, 0.3) is 0 Å². The molecule has 2 fully saturated rings. The minimum atomic E-state index is -0.325. The lowest BCUT2D eigenvalue weighted by Crippen LogP contribution is -2.20. The summed E-state index contributed by atoms with van der Waals surface area (Å²) in [4.78, 5) is 6.87. The van der Waals surface area contributed by atoms with Crippen LogP contribution < -0.4 is 0 Å². The second-order valence-corrected chi connectivity index (χ2v) is 9.07. The first-order valence-electron chi connectivity index (χ1n) is 9.26. The summed E-state index contributed by atoms with van der Waals surface area (Å²) in [5.41, 5.74) is 1.15. The zero-order valence-electron chi connectivity index (χ0n) is 14.2. The van der Waals surface area contributed by atoms with E-state index in [2.05, 4.69) is 23.2 Å². The zero-order chi connectivity index (χ0) is 16.0. The number of thiazole rings is 1. The Hall–Kier alpha value is -0.870. The average molecular weight is 333 g/mol. The highest BCUT2D eigenvalue weighted by atomic mass is 32.1. The molecule has 0 radical (unpaired) electrons. The van der Waals surface area contributed by atoms with Crippen LogP contribution in [0, 0.1) is 17.8 Å². The van der Waals surface area contributed by atoms with Crippen molar-refractivity contribution in [2.75, 3.05) is 0 Å². The topological polar surface area (TPSA) is 37.5 Å². The average Bonchev–Trinajstić information content (AvgIpc) is 3.16. The van der Waals surface area contributed by atoms with Crippen molar-refractivity contribution in [1.29, 1.82) is 0 Å². The molecule has 2 saturated carbocycles. The molecular weight excluding hydrogens is 304 g/mol. The van der Waals surface area contributed by atoms with Crippen LogP contribution in [0.5, 0.6) is 0 Å². The van der Waals surface area contributed by atoms with Crippen LogP contribution in [0.2, 0.25) is 0 Å². The van der Waals surface area contributed by atoms with Crippen molar-refractivity contribution >= 4 is 16.2 Å². The predicted octanol–water partition coefficient (Wildman–Crippen LogP) is 5.16. The van der Waals surface area contributed by atoms with E-state index in [4.69, 9.17) is 0 Å². The number of rotatable bonds is 5. The molecular formula is C19H28N2OS. The van der Waals surface area contributed by atoms with Crippen LogP contribution in [0.1, 0.15) is 81.4 Å². The summed E-state index contributed by atoms with van der Waals surface area (Å²) in [5.74, 6) is 3.09. The molecule has 4 rings (SSSR count). The summed E-state index contributed by atoms with van der Waals surface area (Å²) >= 11 is 1.84. The molecule has 2 heterocycles.